The van der Waals surface area contributed by atoms with E-state index in [1.807, 2.05) is 46.0 Å². The lowest BCUT2D eigenvalue weighted by Crippen LogP contribution is -2.39. The Hall–Kier alpha value is -2.67. The van der Waals surface area contributed by atoms with Crippen LogP contribution in [0.3, 0.4) is 0 Å². The van der Waals surface area contributed by atoms with Crippen molar-refractivity contribution in [3.8, 4) is 0 Å². The number of fused-ring (bicyclic) bond motifs is 2. The minimum absolute atomic E-state index is 0.0482. The molecule has 0 fully saturated rings. The first kappa shape index (κ1) is 16.8. The highest BCUT2D eigenvalue weighted by atomic mass is 32.1. The summed E-state index contributed by atoms with van der Waals surface area (Å²) in [5.41, 5.74) is 2.96. The quantitative estimate of drug-likeness (QED) is 0.664. The highest BCUT2D eigenvalue weighted by molar-refractivity contribution is 7.10. The van der Waals surface area contributed by atoms with Crippen molar-refractivity contribution in [2.75, 3.05) is 13.2 Å². The van der Waals surface area contributed by atoms with Crippen molar-refractivity contribution in [3.05, 3.63) is 57.7 Å². The fraction of sp³-hybridized carbons (Fsp3) is 0.316. The Balaban J connectivity index is 1.64. The van der Waals surface area contributed by atoms with Crippen LogP contribution in [0.15, 0.2) is 36.0 Å². The van der Waals surface area contributed by atoms with Gasteiger partial charge in [-0.3, -0.25) is 9.20 Å². The van der Waals surface area contributed by atoms with Gasteiger partial charge in [0.2, 0.25) is 0 Å². The van der Waals surface area contributed by atoms with Gasteiger partial charge in [-0.25, -0.2) is 9.78 Å². The number of rotatable bonds is 3. The van der Waals surface area contributed by atoms with Crippen molar-refractivity contribution < 1.29 is 14.3 Å². The first-order valence-electron chi connectivity index (χ1n) is 8.62. The molecule has 6 nitrogen and oxygen atoms in total. The van der Waals surface area contributed by atoms with Crippen molar-refractivity contribution in [1.29, 1.82) is 0 Å². The van der Waals surface area contributed by atoms with Crippen molar-refractivity contribution in [2.24, 2.45) is 0 Å². The van der Waals surface area contributed by atoms with E-state index in [-0.39, 0.29) is 17.9 Å². The fourth-order valence-electron chi connectivity index (χ4n) is 3.47. The number of ether oxygens (including phenoxy) is 1. The number of carbonyl (C=O) groups excluding carboxylic acids is 2. The highest BCUT2D eigenvalue weighted by Gasteiger charge is 2.33. The molecule has 1 aliphatic heterocycles. The summed E-state index contributed by atoms with van der Waals surface area (Å²) in [6, 6.07) is 5.57. The molecule has 1 amide bonds. The Kier molecular flexibility index (Phi) is 4.24. The summed E-state index contributed by atoms with van der Waals surface area (Å²) >= 11 is 1.52. The lowest BCUT2D eigenvalue weighted by Gasteiger charge is -2.33. The summed E-state index contributed by atoms with van der Waals surface area (Å²) in [4.78, 5) is 32.5. The molecule has 4 heterocycles. The zero-order valence-corrected chi connectivity index (χ0v) is 15.5. The Morgan fingerprint density at radius 1 is 1.38 bits per heavy atom. The Labute approximate surface area is 155 Å². The topological polar surface area (TPSA) is 63.9 Å². The van der Waals surface area contributed by atoms with Crippen LogP contribution in [-0.2, 0) is 11.2 Å². The van der Waals surface area contributed by atoms with Crippen LogP contribution in [-0.4, -0.2) is 39.3 Å². The average Bonchev–Trinajstić information content (AvgIpc) is 3.26. The number of hydrogen-bond acceptors (Lipinski definition) is 5. The van der Waals surface area contributed by atoms with Crippen LogP contribution in [0.4, 0.5) is 0 Å². The molecular weight excluding hydrogens is 350 g/mol. The van der Waals surface area contributed by atoms with Gasteiger partial charge < -0.3 is 9.64 Å². The van der Waals surface area contributed by atoms with Gasteiger partial charge in [-0.1, -0.05) is 6.07 Å². The number of hydrogen-bond donors (Lipinski definition) is 0. The predicted octanol–water partition coefficient (Wildman–Crippen LogP) is 3.33. The molecule has 0 saturated carbocycles. The van der Waals surface area contributed by atoms with Crippen molar-refractivity contribution >= 4 is 28.9 Å². The van der Waals surface area contributed by atoms with Crippen LogP contribution in [0.25, 0.3) is 5.65 Å². The van der Waals surface area contributed by atoms with E-state index < -0.39 is 0 Å². The molecule has 1 atom stereocenters. The van der Waals surface area contributed by atoms with Gasteiger partial charge >= 0.3 is 5.97 Å². The second kappa shape index (κ2) is 6.57. The van der Waals surface area contributed by atoms with Crippen LogP contribution in [0, 0.1) is 0 Å². The summed E-state index contributed by atoms with van der Waals surface area (Å²) in [6.45, 7) is 4.73. The number of aromatic nitrogens is 2. The minimum Gasteiger partial charge on any atom is -0.462 e. The summed E-state index contributed by atoms with van der Waals surface area (Å²) in [6.07, 6.45) is 4.12. The van der Waals surface area contributed by atoms with Crippen LogP contribution in [0.5, 0.6) is 0 Å². The molecule has 7 heteroatoms. The average molecular weight is 369 g/mol. The van der Waals surface area contributed by atoms with E-state index in [0.29, 0.717) is 30.8 Å². The van der Waals surface area contributed by atoms with Gasteiger partial charge in [0.15, 0.2) is 0 Å². The smallest absolute Gasteiger partial charge is 0.339 e. The maximum absolute atomic E-state index is 13.1. The van der Waals surface area contributed by atoms with Crippen LogP contribution >= 0.6 is 11.3 Å². The molecule has 134 valence electrons. The van der Waals surface area contributed by atoms with Gasteiger partial charge in [0.25, 0.3) is 5.91 Å². The molecule has 0 saturated heterocycles. The van der Waals surface area contributed by atoms with Crippen LogP contribution in [0.1, 0.15) is 51.2 Å². The van der Waals surface area contributed by atoms with E-state index >= 15 is 0 Å². The lowest BCUT2D eigenvalue weighted by molar-refractivity contribution is 0.0525. The molecule has 26 heavy (non-hydrogen) atoms. The lowest BCUT2D eigenvalue weighted by atomic mass is 9.98. The van der Waals surface area contributed by atoms with Gasteiger partial charge in [-0.05, 0) is 38.0 Å². The molecule has 3 aromatic heterocycles. The largest absolute Gasteiger partial charge is 0.462 e. The van der Waals surface area contributed by atoms with Gasteiger partial charge in [0, 0.05) is 23.0 Å². The molecule has 1 aliphatic rings. The number of pyridine rings is 1. The number of thiophene rings is 1. The highest BCUT2D eigenvalue weighted by Crippen LogP contribution is 2.37. The number of carbonyl (C=O) groups is 2. The normalized spacial score (nSPS) is 16.5. The third-order valence-electron chi connectivity index (χ3n) is 4.77. The molecule has 0 bridgehead atoms. The first-order chi connectivity index (χ1) is 12.6. The van der Waals surface area contributed by atoms with E-state index in [0.717, 1.165) is 16.1 Å². The standard InChI is InChI=1S/C19H19N3O3S/c1-3-25-19(24)14-11-26-17-12(2)21(9-7-13(14)17)18(23)15-10-20-16-6-4-5-8-22(15)16/h4-6,8,10-12H,3,7,9H2,1-2H3/t12-/m1/s1. The first-order valence-corrected chi connectivity index (χ1v) is 9.50. The number of esters is 1. The van der Waals surface area contributed by atoms with Gasteiger partial charge in [-0.2, -0.15) is 0 Å². The van der Waals surface area contributed by atoms with E-state index in [4.69, 9.17) is 4.74 Å². The zero-order chi connectivity index (χ0) is 18.3. The molecule has 0 radical (unpaired) electrons. The number of amides is 1. The third-order valence-corrected chi connectivity index (χ3v) is 5.96. The number of nitrogens with zero attached hydrogens (tertiary/aromatic N) is 3. The van der Waals surface area contributed by atoms with Gasteiger partial charge in [0.1, 0.15) is 11.3 Å². The van der Waals surface area contributed by atoms with E-state index in [2.05, 4.69) is 4.98 Å². The summed E-state index contributed by atoms with van der Waals surface area (Å²) in [7, 11) is 0. The molecule has 3 aromatic rings. The predicted molar refractivity (Wildman–Crippen MR) is 98.6 cm³/mol. The molecule has 0 aromatic carbocycles. The zero-order valence-electron chi connectivity index (χ0n) is 14.6. The van der Waals surface area contributed by atoms with Crippen molar-refractivity contribution in [1.82, 2.24) is 14.3 Å². The van der Waals surface area contributed by atoms with E-state index in [9.17, 15) is 9.59 Å². The van der Waals surface area contributed by atoms with E-state index in [1.165, 1.54) is 11.3 Å². The maximum Gasteiger partial charge on any atom is 0.339 e. The maximum atomic E-state index is 13.1. The van der Waals surface area contributed by atoms with E-state index in [1.54, 1.807) is 13.1 Å². The summed E-state index contributed by atoms with van der Waals surface area (Å²) < 4.78 is 6.95. The fourth-order valence-corrected chi connectivity index (χ4v) is 4.63. The Morgan fingerprint density at radius 3 is 3.04 bits per heavy atom. The third kappa shape index (κ3) is 2.59. The van der Waals surface area contributed by atoms with Crippen LogP contribution < -0.4 is 0 Å². The summed E-state index contributed by atoms with van der Waals surface area (Å²) in [5, 5.41) is 1.85. The second-order valence-corrected chi connectivity index (χ2v) is 7.12. The second-order valence-electron chi connectivity index (χ2n) is 6.21. The monoisotopic (exact) mass is 369 g/mol. The van der Waals surface area contributed by atoms with Crippen molar-refractivity contribution in [3.63, 3.8) is 0 Å². The number of imidazole rings is 1. The van der Waals surface area contributed by atoms with Gasteiger partial charge in [0.05, 0.1) is 24.4 Å². The molecule has 0 N–H and O–H groups in total. The SMILES string of the molecule is CCOC(=O)c1csc2c1CCN(C(=O)c1cnc3ccccn13)[C@@H]2C. The Bertz CT molecular complexity index is 991. The molecule has 0 spiro atoms. The Morgan fingerprint density at radius 2 is 2.23 bits per heavy atom. The minimum atomic E-state index is -0.279. The molecule has 0 aliphatic carbocycles. The van der Waals surface area contributed by atoms with Gasteiger partial charge in [-0.15, -0.1) is 11.3 Å². The van der Waals surface area contributed by atoms with Crippen LogP contribution in [0.2, 0.25) is 0 Å². The summed E-state index contributed by atoms with van der Waals surface area (Å²) in [5.74, 6) is -0.327. The molecule has 0 unspecified atom stereocenters. The molecule has 4 rings (SSSR count). The van der Waals surface area contributed by atoms with Crippen molar-refractivity contribution in [2.45, 2.75) is 26.3 Å². The molecular formula is C19H19N3O3S.